The highest BCUT2D eigenvalue weighted by Crippen LogP contribution is 2.66. The lowest BCUT2D eigenvalue weighted by atomic mass is 9.94. The van der Waals surface area contributed by atoms with Crippen LogP contribution in [0.2, 0.25) is 0 Å². The van der Waals surface area contributed by atoms with Crippen LogP contribution in [-0.4, -0.2) is 23.0 Å². The molecule has 0 atom stereocenters. The van der Waals surface area contributed by atoms with Crippen molar-refractivity contribution in [1.29, 1.82) is 0 Å². The largest absolute Gasteiger partial charge is 0.116 e. The lowest BCUT2D eigenvalue weighted by molar-refractivity contribution is 1.26. The molecule has 2 aromatic carbocycles. The number of fused-ring (bicyclic) bond motifs is 2. The molecule has 0 aromatic heterocycles. The molecule has 0 saturated carbocycles. The quantitative estimate of drug-likeness (QED) is 0.246. The zero-order valence-corrected chi connectivity index (χ0v) is 30.1. The standard InChI is InChI=1S/C28H16S12/c1-3-13-14-4-2-6-16(18-12-34-26(36-18)28-39-23-24(40-28)32-10-9-31-23)20(14)19(13)15(5-1)17-11-33-25(35-17)27-37-21-22(38-27)30-8-7-29-21/h1-6,11-12H,7-10H2. The van der Waals surface area contributed by atoms with Gasteiger partial charge in [-0.15, -0.1) is 47.0 Å². The third-order valence-corrected chi connectivity index (χ3v) is 24.1. The van der Waals surface area contributed by atoms with Crippen LogP contribution in [0.1, 0.15) is 11.1 Å². The zero-order valence-electron chi connectivity index (χ0n) is 20.3. The van der Waals surface area contributed by atoms with Gasteiger partial charge in [-0.05, 0) is 42.8 Å². The smallest absolute Gasteiger partial charge is 0.0717 e. The summed E-state index contributed by atoms with van der Waals surface area (Å²) in [6.07, 6.45) is 0. The summed E-state index contributed by atoms with van der Waals surface area (Å²) in [7, 11) is 0. The first kappa shape index (κ1) is 27.4. The predicted molar refractivity (Wildman–Crippen MR) is 203 cm³/mol. The van der Waals surface area contributed by atoms with E-state index in [9.17, 15) is 0 Å². The van der Waals surface area contributed by atoms with E-state index in [1.165, 1.54) is 98.7 Å². The fourth-order valence-electron chi connectivity index (χ4n) is 4.97. The van der Waals surface area contributed by atoms with Crippen LogP contribution in [0.5, 0.6) is 0 Å². The fourth-order valence-corrected chi connectivity index (χ4v) is 22.1. The number of rotatable bonds is 2. The Morgan fingerprint density at radius 1 is 0.400 bits per heavy atom. The van der Waals surface area contributed by atoms with E-state index in [-0.39, 0.29) is 0 Å². The van der Waals surface area contributed by atoms with Crippen molar-refractivity contribution in [3.63, 3.8) is 0 Å². The van der Waals surface area contributed by atoms with Crippen molar-refractivity contribution in [2.45, 2.75) is 0 Å². The number of hydrogen-bond acceptors (Lipinski definition) is 12. The second-order valence-electron chi connectivity index (χ2n) is 8.96. The zero-order chi connectivity index (χ0) is 26.2. The summed E-state index contributed by atoms with van der Waals surface area (Å²) in [5.74, 6) is 4.95. The Labute approximate surface area is 283 Å². The van der Waals surface area contributed by atoms with Crippen LogP contribution in [0.4, 0.5) is 0 Å². The van der Waals surface area contributed by atoms with Crippen LogP contribution < -0.4 is 0 Å². The summed E-state index contributed by atoms with van der Waals surface area (Å²) >= 11 is 23.9. The van der Waals surface area contributed by atoms with Gasteiger partial charge in [0.1, 0.15) is 0 Å². The van der Waals surface area contributed by atoms with Gasteiger partial charge in [-0.3, -0.25) is 0 Å². The van der Waals surface area contributed by atoms with Gasteiger partial charge >= 0.3 is 0 Å². The molecule has 0 unspecified atom stereocenters. The molecule has 0 radical (unpaired) electrons. The van der Waals surface area contributed by atoms with E-state index >= 15 is 0 Å². The topological polar surface area (TPSA) is 0 Å². The van der Waals surface area contributed by atoms with Crippen LogP contribution in [0, 0.1) is 20.9 Å². The number of benzene rings is 2. The summed E-state index contributed by atoms with van der Waals surface area (Å²) < 4.78 is 12.0. The van der Waals surface area contributed by atoms with Gasteiger partial charge in [0.15, 0.2) is 0 Å². The number of thioether (sulfide) groups is 12. The van der Waals surface area contributed by atoms with Gasteiger partial charge < -0.3 is 0 Å². The van der Waals surface area contributed by atoms with Gasteiger partial charge in [0, 0.05) is 32.8 Å². The molecule has 9 rings (SSSR count). The maximum absolute atomic E-state index is 2.39. The minimum atomic E-state index is 1.24. The first-order valence-electron chi connectivity index (χ1n) is 12.4. The highest BCUT2D eigenvalue weighted by atomic mass is 32.3. The molecule has 12 heteroatoms. The second-order valence-corrected chi connectivity index (χ2v) is 23.4. The van der Waals surface area contributed by atoms with Crippen molar-refractivity contribution in [3.05, 3.63) is 113 Å². The van der Waals surface area contributed by atoms with E-state index < -0.39 is 0 Å². The highest BCUT2D eigenvalue weighted by Gasteiger charge is 2.31. The van der Waals surface area contributed by atoms with E-state index in [4.69, 9.17) is 0 Å². The van der Waals surface area contributed by atoms with Gasteiger partial charge in [0.2, 0.25) is 0 Å². The Morgan fingerprint density at radius 3 is 1.20 bits per heavy atom. The molecule has 6 aliphatic heterocycles. The Bertz CT molecular complexity index is 1730. The highest BCUT2D eigenvalue weighted by molar-refractivity contribution is 8.44. The van der Waals surface area contributed by atoms with Gasteiger partial charge in [-0.25, -0.2) is 0 Å². The van der Waals surface area contributed by atoms with E-state index in [0.29, 0.717) is 0 Å². The summed E-state index contributed by atoms with van der Waals surface area (Å²) in [6.45, 7) is 0. The first-order chi connectivity index (χ1) is 19.8. The van der Waals surface area contributed by atoms with Crippen molar-refractivity contribution in [2.75, 3.05) is 23.0 Å². The van der Waals surface area contributed by atoms with Gasteiger partial charge in [-0.2, -0.15) is 0 Å². The molecule has 6 heterocycles. The molecule has 0 N–H and O–H groups in total. The normalized spacial score (nSPS) is 23.3. The second kappa shape index (κ2) is 11.5. The maximum atomic E-state index is 2.39. The third kappa shape index (κ3) is 4.76. The Kier molecular flexibility index (Phi) is 7.85. The Morgan fingerprint density at radius 2 is 0.800 bits per heavy atom. The monoisotopic (exact) mass is 736 g/mol. The summed E-state index contributed by atoms with van der Waals surface area (Å²) in [5.41, 5.74) is 2.78. The minimum absolute atomic E-state index is 1.24. The third-order valence-electron chi connectivity index (χ3n) is 6.66. The molecule has 0 saturated heterocycles. The van der Waals surface area contributed by atoms with Crippen molar-refractivity contribution in [2.24, 2.45) is 0 Å². The van der Waals surface area contributed by atoms with Crippen molar-refractivity contribution < 1.29 is 0 Å². The lowest BCUT2D eigenvalue weighted by Crippen LogP contribution is -1.99. The maximum Gasteiger partial charge on any atom is 0.0717 e. The van der Waals surface area contributed by atoms with E-state index in [0.717, 1.165) is 0 Å². The molecule has 0 nitrogen and oxygen atoms in total. The molecule has 0 fully saturated rings. The van der Waals surface area contributed by atoms with Gasteiger partial charge in [0.05, 0.1) is 33.9 Å². The van der Waals surface area contributed by atoms with Crippen molar-refractivity contribution in [1.82, 2.24) is 0 Å². The molecule has 40 heavy (non-hydrogen) atoms. The van der Waals surface area contributed by atoms with Gasteiger partial charge in [-0.1, -0.05) is 130 Å². The average Bonchev–Trinajstić information content (AvgIpc) is 3.79. The fraction of sp³-hybridized carbons (Fsp3) is 0.143. The van der Waals surface area contributed by atoms with Crippen LogP contribution >= 0.6 is 141 Å². The van der Waals surface area contributed by atoms with E-state index in [2.05, 4.69) is 47.2 Å². The molecule has 2 aromatic rings. The molecule has 1 aliphatic carbocycles. The van der Waals surface area contributed by atoms with E-state index in [1.54, 1.807) is 0 Å². The average molecular weight is 737 g/mol. The van der Waals surface area contributed by atoms with Crippen LogP contribution in [0.3, 0.4) is 0 Å². The predicted octanol–water partition coefficient (Wildman–Crippen LogP) is 12.6. The molecule has 0 spiro atoms. The Hall–Kier alpha value is 1.08. The van der Waals surface area contributed by atoms with Crippen LogP contribution in [-0.2, 0) is 0 Å². The summed E-state index contributed by atoms with van der Waals surface area (Å²) in [6, 6.07) is 13.8. The lowest BCUT2D eigenvalue weighted by Gasteiger charge is -2.14. The molecule has 0 amide bonds. The van der Waals surface area contributed by atoms with Crippen molar-refractivity contribution in [3.8, 4) is 0 Å². The van der Waals surface area contributed by atoms with Crippen LogP contribution in [0.15, 0.2) is 81.1 Å². The molecule has 7 aliphatic rings. The van der Waals surface area contributed by atoms with Crippen LogP contribution in [0.25, 0.3) is 9.81 Å². The summed E-state index contributed by atoms with van der Waals surface area (Å²) in [4.78, 5) is 2.79. The van der Waals surface area contributed by atoms with Crippen molar-refractivity contribution >= 4 is 151 Å². The molecular weight excluding hydrogens is 721 g/mol. The summed E-state index contributed by atoms with van der Waals surface area (Å²) in [5, 5.41) is 10.5. The SMILES string of the molecule is C1=C(c2cccc3c2=c2c(C4=CSC(=C5SC6=C(SCCS6)S5)S4)cccc2=3)SC(=C2SC3=C(SCCS3)S2)S1. The Balaban J connectivity index is 1.05. The molecular formula is C28H16S12. The first-order valence-corrected chi connectivity index (χ1v) is 23.0. The molecule has 0 bridgehead atoms. The minimum Gasteiger partial charge on any atom is -0.116 e. The number of hydrogen-bond donors (Lipinski definition) is 0. The molecule has 200 valence electrons. The van der Waals surface area contributed by atoms with Gasteiger partial charge in [0.25, 0.3) is 0 Å². The van der Waals surface area contributed by atoms with E-state index in [1.807, 2.05) is 141 Å².